The molecule has 0 radical (unpaired) electrons. The second-order valence-corrected chi connectivity index (χ2v) is 20.2. The van der Waals surface area contributed by atoms with E-state index in [0.29, 0.717) is 42.4 Å². The summed E-state index contributed by atoms with van der Waals surface area (Å²) in [4.78, 5) is 51.8. The molecule has 0 aromatic heterocycles. The van der Waals surface area contributed by atoms with E-state index in [0.717, 1.165) is 75.5 Å². The van der Waals surface area contributed by atoms with Crippen molar-refractivity contribution in [1.29, 1.82) is 0 Å². The van der Waals surface area contributed by atoms with Crippen molar-refractivity contribution in [2.75, 3.05) is 20.2 Å². The molecule has 9 nitrogen and oxygen atoms in total. The summed E-state index contributed by atoms with van der Waals surface area (Å²) < 4.78 is 4.84. The van der Waals surface area contributed by atoms with Crippen molar-refractivity contribution in [2.24, 2.45) is 17.8 Å². The maximum Gasteiger partial charge on any atom is 0.407 e. The number of rotatable bonds is 7. The number of alkyl carbamates (subject to hydrolysis) is 1. The van der Waals surface area contributed by atoms with Crippen molar-refractivity contribution in [1.82, 2.24) is 21.3 Å². The molecule has 4 aromatic rings. The van der Waals surface area contributed by atoms with Gasteiger partial charge in [-0.3, -0.25) is 14.4 Å². The highest BCUT2D eigenvalue weighted by molar-refractivity contribution is 6.32. The molecule has 2 heterocycles. The number of ether oxygens (including phenoxy) is 1. The van der Waals surface area contributed by atoms with Crippen molar-refractivity contribution in [3.63, 3.8) is 0 Å². The predicted molar refractivity (Wildman–Crippen MR) is 253 cm³/mol. The molecule has 2 saturated heterocycles. The van der Waals surface area contributed by atoms with E-state index in [1.54, 1.807) is 0 Å². The maximum atomic E-state index is 13.4. The van der Waals surface area contributed by atoms with Crippen LogP contribution in [0.25, 0.3) is 0 Å². The minimum Gasteiger partial charge on any atom is -0.453 e. The molecule has 9 rings (SSSR count). The normalized spacial score (nSPS) is 28.7. The van der Waals surface area contributed by atoms with Crippen LogP contribution < -0.4 is 21.3 Å². The molecule has 4 amide bonds. The summed E-state index contributed by atoms with van der Waals surface area (Å²) in [5.41, 5.74) is 4.70. The molecule has 13 heteroatoms. The lowest BCUT2D eigenvalue weighted by atomic mass is 9.60. The van der Waals surface area contributed by atoms with E-state index >= 15 is 0 Å². The van der Waals surface area contributed by atoms with Crippen LogP contribution in [0.15, 0.2) is 84.9 Å². The highest BCUT2D eigenvalue weighted by atomic mass is 35.5. The lowest BCUT2D eigenvalue weighted by molar-refractivity contribution is -0.136. The van der Waals surface area contributed by atoms with Crippen LogP contribution in [0.3, 0.4) is 0 Å². The Balaban J connectivity index is 0.000000176. The Kier molecular flexibility index (Phi) is 13.9. The molecule has 5 fully saturated rings. The molecular weight excluding hydrogens is 890 g/mol. The highest BCUT2D eigenvalue weighted by Gasteiger charge is 2.60. The summed E-state index contributed by atoms with van der Waals surface area (Å²) in [6, 6.07) is 28.0. The fraction of sp³-hybridized carbons (Fsp3) is 0.451. The summed E-state index contributed by atoms with van der Waals surface area (Å²) in [5, 5.41) is 15.1. The Morgan fingerprint density at radius 3 is 1.47 bits per heavy atom. The standard InChI is InChI=1S/C28H32Cl2N2O2.C23H24Cl2N2O3/c1-17-7-12-21(24(30)15-17)22-13-14-28(32-26(33)19-5-3-2-4-6-19)23(16-31-27(28)34)25(22)18-8-10-20(29)11-9-18;1-13-3-8-16(19(25)11-13)17-9-10-23(27-22(29)30-2)18(12-26-21(23)28)20(17)14-4-6-15(24)7-5-14/h7-12,15,19,22-23,25H,2-6,13-14,16H2,1H3,(H,31,34)(H,32,33);3-8,11,17-18,20H,9-10,12H2,1-2H3,(H,26,28)(H,27,29)/t22-,23-,25-,28-;17-,18-,20-,23-/m00/s1. The molecule has 8 atom stereocenters. The lowest BCUT2D eigenvalue weighted by Gasteiger charge is -2.47. The second kappa shape index (κ2) is 19.3. The van der Waals surface area contributed by atoms with Gasteiger partial charge >= 0.3 is 6.09 Å². The van der Waals surface area contributed by atoms with Gasteiger partial charge in [-0.25, -0.2) is 4.79 Å². The first-order valence-electron chi connectivity index (χ1n) is 22.5. The summed E-state index contributed by atoms with van der Waals surface area (Å²) in [5.74, 6) is -0.134. The van der Waals surface area contributed by atoms with Gasteiger partial charge in [0.05, 0.1) is 7.11 Å². The SMILES string of the molecule is COC(=O)N[C@@]12CC[C@@H](c3ccc(C)cc3Cl)[C@H](c3ccc(Cl)cc3)[C@@H]1CNC2=O.Cc1ccc([C@@H]2CC[C@@]3(NC(=O)C4CCCCC4)C(=O)NC[C@H]3[C@H]2c2ccc(Cl)cc2)c(Cl)c1. The number of nitrogens with one attached hydrogen (secondary N) is 4. The van der Waals surface area contributed by atoms with Crippen LogP contribution >= 0.6 is 46.4 Å². The van der Waals surface area contributed by atoms with Crippen LogP contribution in [0, 0.1) is 31.6 Å². The van der Waals surface area contributed by atoms with Crippen LogP contribution in [0.4, 0.5) is 4.79 Å². The molecule has 3 aliphatic carbocycles. The highest BCUT2D eigenvalue weighted by Crippen LogP contribution is 2.56. The van der Waals surface area contributed by atoms with Gasteiger partial charge in [-0.2, -0.15) is 0 Å². The van der Waals surface area contributed by atoms with Gasteiger partial charge in [0.25, 0.3) is 0 Å². The third kappa shape index (κ3) is 8.99. The molecule has 0 unspecified atom stereocenters. The zero-order chi connectivity index (χ0) is 45.3. The van der Waals surface area contributed by atoms with E-state index in [2.05, 4.69) is 57.7 Å². The zero-order valence-corrected chi connectivity index (χ0v) is 39.5. The number of benzene rings is 4. The number of carbonyl (C=O) groups is 4. The summed E-state index contributed by atoms with van der Waals surface area (Å²) in [6.07, 6.45) is 7.18. The Morgan fingerprint density at radius 2 is 1.05 bits per heavy atom. The summed E-state index contributed by atoms with van der Waals surface area (Å²) in [7, 11) is 1.31. The van der Waals surface area contributed by atoms with Crippen LogP contribution in [0.1, 0.15) is 115 Å². The van der Waals surface area contributed by atoms with Gasteiger partial charge in [0.1, 0.15) is 11.1 Å². The first-order valence-corrected chi connectivity index (χ1v) is 24.0. The van der Waals surface area contributed by atoms with Crippen molar-refractivity contribution >= 4 is 70.2 Å². The summed E-state index contributed by atoms with van der Waals surface area (Å²) >= 11 is 25.8. The fourth-order valence-electron chi connectivity index (χ4n) is 11.8. The minimum absolute atomic E-state index is 0.00965. The monoisotopic (exact) mass is 944 g/mol. The molecular formula is C51H56Cl4N4O5. The topological polar surface area (TPSA) is 126 Å². The smallest absolute Gasteiger partial charge is 0.407 e. The van der Waals surface area contributed by atoms with Crippen molar-refractivity contribution in [3.8, 4) is 0 Å². The van der Waals surface area contributed by atoms with Crippen molar-refractivity contribution in [3.05, 3.63) is 138 Å². The Bertz CT molecular complexity index is 2390. The van der Waals surface area contributed by atoms with Crippen LogP contribution in [-0.2, 0) is 19.1 Å². The van der Waals surface area contributed by atoms with Gasteiger partial charge in [-0.05, 0) is 146 Å². The van der Waals surface area contributed by atoms with E-state index in [1.165, 1.54) is 13.5 Å². The number of carbonyl (C=O) groups excluding carboxylic acids is 4. The molecule has 3 saturated carbocycles. The Morgan fingerprint density at radius 1 is 0.609 bits per heavy atom. The van der Waals surface area contributed by atoms with Gasteiger partial charge in [-0.1, -0.05) is 114 Å². The largest absolute Gasteiger partial charge is 0.453 e. The van der Waals surface area contributed by atoms with Crippen LogP contribution in [0.2, 0.25) is 20.1 Å². The molecule has 2 aliphatic heterocycles. The quantitative estimate of drug-likeness (QED) is 0.147. The Hall–Kier alpha value is -4.28. The third-order valence-electron chi connectivity index (χ3n) is 14.9. The van der Waals surface area contributed by atoms with Crippen molar-refractivity contribution in [2.45, 2.75) is 106 Å². The number of aryl methyl sites for hydroxylation is 2. The van der Waals surface area contributed by atoms with Gasteiger partial charge in [0.15, 0.2) is 0 Å². The van der Waals surface area contributed by atoms with Gasteiger partial charge in [0.2, 0.25) is 17.7 Å². The van der Waals surface area contributed by atoms with Gasteiger partial charge in [-0.15, -0.1) is 0 Å². The van der Waals surface area contributed by atoms with E-state index in [-0.39, 0.29) is 59.1 Å². The number of fused-ring (bicyclic) bond motifs is 2. The number of halogens is 4. The predicted octanol–water partition coefficient (Wildman–Crippen LogP) is 10.9. The van der Waals surface area contributed by atoms with E-state index in [4.69, 9.17) is 51.1 Å². The number of hydrogen-bond donors (Lipinski definition) is 4. The fourth-order valence-corrected chi connectivity index (χ4v) is 12.8. The van der Waals surface area contributed by atoms with E-state index < -0.39 is 17.2 Å². The molecule has 0 bridgehead atoms. The maximum absolute atomic E-state index is 13.4. The zero-order valence-electron chi connectivity index (χ0n) is 36.5. The summed E-state index contributed by atoms with van der Waals surface area (Å²) in [6.45, 7) is 5.06. The molecule has 5 aliphatic rings. The molecule has 338 valence electrons. The van der Waals surface area contributed by atoms with E-state index in [9.17, 15) is 19.2 Å². The second-order valence-electron chi connectivity index (χ2n) is 18.5. The first-order chi connectivity index (χ1) is 30.7. The number of amides is 4. The van der Waals surface area contributed by atoms with Gasteiger partial charge in [0, 0.05) is 50.9 Å². The molecule has 4 N–H and O–H groups in total. The average molecular weight is 947 g/mol. The number of methoxy groups -OCH3 is 1. The average Bonchev–Trinajstić information content (AvgIpc) is 3.79. The third-order valence-corrected chi connectivity index (χ3v) is 16.1. The molecule has 0 spiro atoms. The lowest BCUT2D eigenvalue weighted by Crippen LogP contribution is -2.61. The number of hydrogen-bond acceptors (Lipinski definition) is 5. The van der Waals surface area contributed by atoms with Crippen LogP contribution in [-0.4, -0.2) is 55.1 Å². The Labute approximate surface area is 396 Å². The molecule has 4 aromatic carbocycles. The van der Waals surface area contributed by atoms with Crippen LogP contribution in [0.5, 0.6) is 0 Å². The van der Waals surface area contributed by atoms with Crippen molar-refractivity contribution < 1.29 is 23.9 Å². The van der Waals surface area contributed by atoms with E-state index in [1.807, 2.05) is 62.4 Å². The first kappa shape index (κ1) is 46.3. The molecule has 64 heavy (non-hydrogen) atoms. The minimum atomic E-state index is -1.01. The van der Waals surface area contributed by atoms with Gasteiger partial charge < -0.3 is 26.0 Å².